The number of phenolic OH excluding ortho intramolecular Hbond substituents is 1. The molecule has 2 unspecified atom stereocenters. The lowest BCUT2D eigenvalue weighted by atomic mass is 10.0. The molecule has 174 valence electrons. The van der Waals surface area contributed by atoms with Gasteiger partial charge < -0.3 is 29.5 Å². The molecule has 0 aliphatic heterocycles. The van der Waals surface area contributed by atoms with Crippen molar-refractivity contribution in [1.29, 1.82) is 0 Å². The van der Waals surface area contributed by atoms with Gasteiger partial charge in [-0.3, -0.25) is 4.55 Å². The second-order valence-corrected chi connectivity index (χ2v) is 7.42. The third kappa shape index (κ3) is 7.13. The number of rotatable bonds is 11. The Morgan fingerprint density at radius 1 is 1.06 bits per heavy atom. The van der Waals surface area contributed by atoms with Crippen LogP contribution < -0.4 is 14.2 Å². The van der Waals surface area contributed by atoms with Crippen molar-refractivity contribution < 1.29 is 51.5 Å². The molecule has 2 aromatic rings. The largest absolute Gasteiger partial charge is 0.504 e. The van der Waals surface area contributed by atoms with Crippen molar-refractivity contribution in [3.8, 4) is 23.0 Å². The summed E-state index contributed by atoms with van der Waals surface area (Å²) in [5.74, 6) is -1.03. The van der Waals surface area contributed by atoms with Gasteiger partial charge in [0.2, 0.25) is 0 Å². The molecule has 2 atom stereocenters. The van der Waals surface area contributed by atoms with Crippen LogP contribution in [0.2, 0.25) is 0 Å². The highest BCUT2D eigenvalue weighted by Crippen LogP contribution is 2.34. The monoisotopic (exact) mass is 470 g/mol. The maximum Gasteiger partial charge on any atom is 0.397 e. The zero-order chi connectivity index (χ0) is 23.9. The summed E-state index contributed by atoms with van der Waals surface area (Å²) in [7, 11) is -2.19. The number of carboxylic acid groups (broad SMARTS) is 1. The van der Waals surface area contributed by atoms with E-state index >= 15 is 0 Å². The van der Waals surface area contributed by atoms with Gasteiger partial charge in [-0.25, -0.2) is 8.98 Å². The molecule has 0 heterocycles. The number of benzene rings is 2. The van der Waals surface area contributed by atoms with Gasteiger partial charge in [-0.2, -0.15) is 8.42 Å². The van der Waals surface area contributed by atoms with Crippen molar-refractivity contribution in [2.75, 3.05) is 20.8 Å². The zero-order valence-electron chi connectivity index (χ0n) is 17.0. The Morgan fingerprint density at radius 3 is 2.34 bits per heavy atom. The number of hydrogen-bond donors (Lipinski definition) is 4. The molecule has 11 nitrogen and oxygen atoms in total. The fraction of sp³-hybridized carbons (Fsp3) is 0.250. The topological polar surface area (TPSA) is 169 Å². The van der Waals surface area contributed by atoms with Crippen molar-refractivity contribution in [2.24, 2.45) is 0 Å². The van der Waals surface area contributed by atoms with Crippen molar-refractivity contribution >= 4 is 22.4 Å². The lowest BCUT2D eigenvalue weighted by molar-refractivity contribution is -0.131. The molecule has 0 bridgehead atoms. The third-order valence-electron chi connectivity index (χ3n) is 4.16. The van der Waals surface area contributed by atoms with Crippen LogP contribution in [0.25, 0.3) is 6.08 Å². The number of carbonyl (C=O) groups is 1. The van der Waals surface area contributed by atoms with Crippen LogP contribution in [0.1, 0.15) is 17.2 Å². The first kappa shape index (κ1) is 24.9. The van der Waals surface area contributed by atoms with Crippen molar-refractivity contribution in [3.05, 3.63) is 53.6 Å². The first-order chi connectivity index (χ1) is 15.0. The Kier molecular flexibility index (Phi) is 8.43. The molecule has 0 spiro atoms. The molecule has 0 saturated carbocycles. The highest BCUT2D eigenvalue weighted by Gasteiger charge is 2.27. The van der Waals surface area contributed by atoms with E-state index in [0.717, 1.165) is 6.08 Å². The average molecular weight is 470 g/mol. The molecule has 4 N–H and O–H groups in total. The van der Waals surface area contributed by atoms with E-state index < -0.39 is 35.2 Å². The number of carboxylic acids is 1. The molecule has 0 aromatic heterocycles. The summed E-state index contributed by atoms with van der Waals surface area (Å²) >= 11 is 0. The Balaban J connectivity index is 2.37. The molecular weight excluding hydrogens is 448 g/mol. The maximum atomic E-state index is 11.0. The van der Waals surface area contributed by atoms with E-state index in [9.17, 15) is 23.4 Å². The molecule has 2 aromatic carbocycles. The van der Waals surface area contributed by atoms with E-state index in [2.05, 4.69) is 4.18 Å². The predicted octanol–water partition coefficient (Wildman–Crippen LogP) is 1.81. The molecule has 12 heteroatoms. The fourth-order valence-corrected chi connectivity index (χ4v) is 2.96. The van der Waals surface area contributed by atoms with Crippen LogP contribution in [0, 0.1) is 0 Å². The van der Waals surface area contributed by atoms with Crippen LogP contribution in [0.5, 0.6) is 23.0 Å². The van der Waals surface area contributed by atoms with Gasteiger partial charge >= 0.3 is 16.4 Å². The summed E-state index contributed by atoms with van der Waals surface area (Å²) in [6.07, 6.45) is -0.589. The van der Waals surface area contributed by atoms with Crippen LogP contribution in [-0.2, 0) is 19.4 Å². The molecule has 0 amide bonds. The molecule has 0 aliphatic rings. The Bertz CT molecular complexity index is 1080. The van der Waals surface area contributed by atoms with Crippen molar-refractivity contribution in [2.45, 2.75) is 12.2 Å². The molecular formula is C20H22O11S. The molecule has 0 aliphatic carbocycles. The van der Waals surface area contributed by atoms with Gasteiger partial charge in [0, 0.05) is 6.08 Å². The number of aromatic hydroxyl groups is 1. The number of ether oxygens (including phenoxy) is 3. The molecule has 32 heavy (non-hydrogen) atoms. The summed E-state index contributed by atoms with van der Waals surface area (Å²) < 4.78 is 51.4. The number of aliphatic hydroxyl groups excluding tert-OH is 1. The first-order valence-corrected chi connectivity index (χ1v) is 10.3. The number of aliphatic hydroxyl groups is 1. The second kappa shape index (κ2) is 10.8. The van der Waals surface area contributed by atoms with Crippen LogP contribution in [-0.4, -0.2) is 61.2 Å². The summed E-state index contributed by atoms with van der Waals surface area (Å²) in [6, 6.07) is 8.34. The third-order valence-corrected chi connectivity index (χ3v) is 4.60. The minimum atomic E-state index is -4.84. The van der Waals surface area contributed by atoms with Gasteiger partial charge in [0.25, 0.3) is 0 Å². The fourth-order valence-electron chi connectivity index (χ4n) is 2.65. The van der Waals surface area contributed by atoms with Gasteiger partial charge in [0.1, 0.15) is 12.7 Å². The highest BCUT2D eigenvalue weighted by molar-refractivity contribution is 7.80. The van der Waals surface area contributed by atoms with Gasteiger partial charge in [-0.05, 0) is 41.5 Å². The van der Waals surface area contributed by atoms with E-state index in [1.54, 1.807) is 0 Å². The molecule has 0 saturated heterocycles. The summed E-state index contributed by atoms with van der Waals surface area (Å²) in [6.45, 7) is -0.771. The van der Waals surface area contributed by atoms with E-state index in [4.69, 9.17) is 23.9 Å². The van der Waals surface area contributed by atoms with Gasteiger partial charge in [-0.1, -0.05) is 12.1 Å². The van der Waals surface area contributed by atoms with Crippen LogP contribution >= 0.6 is 0 Å². The van der Waals surface area contributed by atoms with Gasteiger partial charge in [0.15, 0.2) is 29.1 Å². The molecule has 2 rings (SSSR count). The summed E-state index contributed by atoms with van der Waals surface area (Å²) in [5, 5.41) is 29.3. The van der Waals surface area contributed by atoms with Crippen LogP contribution in [0.4, 0.5) is 0 Å². The number of methoxy groups -OCH3 is 2. The quantitative estimate of drug-likeness (QED) is 0.279. The summed E-state index contributed by atoms with van der Waals surface area (Å²) in [5.41, 5.74) is 0.676. The lowest BCUT2D eigenvalue weighted by Gasteiger charge is -2.25. The number of aliphatic carboxylic acids is 1. The van der Waals surface area contributed by atoms with Gasteiger partial charge in [-0.15, -0.1) is 0 Å². The maximum absolute atomic E-state index is 11.0. The molecule has 0 fully saturated rings. The van der Waals surface area contributed by atoms with E-state index in [0.29, 0.717) is 5.56 Å². The van der Waals surface area contributed by atoms with Gasteiger partial charge in [0.05, 0.1) is 14.2 Å². The minimum absolute atomic E-state index is 0.0585. The average Bonchev–Trinajstić information content (AvgIpc) is 2.74. The van der Waals surface area contributed by atoms with Crippen molar-refractivity contribution in [3.63, 3.8) is 0 Å². The predicted molar refractivity (Wildman–Crippen MR) is 111 cm³/mol. The number of phenols is 1. The van der Waals surface area contributed by atoms with E-state index in [1.165, 1.54) is 56.7 Å². The Labute approximate surface area is 184 Å². The first-order valence-electron chi connectivity index (χ1n) is 8.96. The van der Waals surface area contributed by atoms with E-state index in [-0.39, 0.29) is 28.6 Å². The lowest BCUT2D eigenvalue weighted by Crippen LogP contribution is -2.31. The molecule has 0 radical (unpaired) electrons. The zero-order valence-corrected chi connectivity index (χ0v) is 17.9. The van der Waals surface area contributed by atoms with Crippen molar-refractivity contribution in [1.82, 2.24) is 0 Å². The summed E-state index contributed by atoms with van der Waals surface area (Å²) in [4.78, 5) is 10.7. The standard InChI is InChI=1S/C20H22O11S/c1-28-16-10-13(5-6-14(16)21)20(24)18(11-30-32(25,26)27)31-15-7-3-12(4-8-19(22)23)9-17(15)29-2/h3-10,18,20-21,24H,11H2,1-2H3,(H,22,23)(H,25,26,27)/b8-4+. The van der Waals surface area contributed by atoms with Crippen LogP contribution in [0.15, 0.2) is 42.5 Å². The highest BCUT2D eigenvalue weighted by atomic mass is 32.3. The normalized spacial score (nSPS) is 13.5. The van der Waals surface area contributed by atoms with Crippen LogP contribution in [0.3, 0.4) is 0 Å². The minimum Gasteiger partial charge on any atom is -0.504 e. The number of hydrogen-bond acceptors (Lipinski definition) is 9. The Morgan fingerprint density at radius 2 is 1.75 bits per heavy atom. The van der Waals surface area contributed by atoms with E-state index in [1.807, 2.05) is 0 Å². The second-order valence-electron chi connectivity index (χ2n) is 6.33. The smallest absolute Gasteiger partial charge is 0.397 e. The SMILES string of the molecule is COc1cc(C(O)C(COS(=O)(=O)O)Oc2ccc(/C=C/C(=O)O)cc2OC)ccc1O. The Hall–Kier alpha value is -3.32.